The number of fused-ring (bicyclic) bond motifs is 1. The van der Waals surface area contributed by atoms with E-state index in [1.165, 1.54) is 0 Å². The van der Waals surface area contributed by atoms with Crippen molar-refractivity contribution in [1.29, 1.82) is 0 Å². The molecule has 0 saturated heterocycles. The molecule has 3 aromatic rings. The molecule has 0 spiro atoms. The lowest BCUT2D eigenvalue weighted by Crippen LogP contribution is -2.36. The normalized spacial score (nSPS) is 16.7. The molecule has 2 aromatic carbocycles. The number of carboxylic acid groups (broad SMARTS) is 1. The summed E-state index contributed by atoms with van der Waals surface area (Å²) in [7, 11) is 0.263. The molecule has 8 heteroatoms. The molecule has 0 bridgehead atoms. The molecule has 1 aliphatic heterocycles. The van der Waals surface area contributed by atoms with E-state index in [1.54, 1.807) is 13.2 Å². The van der Waals surface area contributed by atoms with Gasteiger partial charge in [-0.1, -0.05) is 30.3 Å². The fourth-order valence-electron chi connectivity index (χ4n) is 4.45. The molecule has 2 N–H and O–H groups in total. The van der Waals surface area contributed by atoms with E-state index in [9.17, 15) is 19.2 Å². The first-order valence-corrected chi connectivity index (χ1v) is 12.6. The molecule has 2 atom stereocenters. The lowest BCUT2D eigenvalue weighted by Gasteiger charge is -2.30. The molecule has 1 unspecified atom stereocenters. The maximum atomic E-state index is 13.4. The third kappa shape index (κ3) is 5.00. The Hall–Kier alpha value is -3.07. The maximum Gasteiger partial charge on any atom is 0.354 e. The number of methoxy groups -OCH3 is 1. The Kier molecular flexibility index (Phi) is 7.07. The molecule has 184 valence electrons. The Morgan fingerprint density at radius 2 is 1.77 bits per heavy atom. The first-order valence-electron chi connectivity index (χ1n) is 11.5. The molecular weight excluding hydrogens is 464 g/mol. The van der Waals surface area contributed by atoms with E-state index in [2.05, 4.69) is 4.98 Å². The third-order valence-corrected chi connectivity index (χ3v) is 7.91. The Bertz CT molecular complexity index is 1280. The minimum absolute atomic E-state index is 0.0586. The zero-order valence-electron chi connectivity index (χ0n) is 20.3. The Balaban J connectivity index is 1.89. The number of benzene rings is 2. The third-order valence-electron chi connectivity index (χ3n) is 6.05. The number of aromatic nitrogens is 1. The summed E-state index contributed by atoms with van der Waals surface area (Å²) in [6.45, 7) is 5.95. The van der Waals surface area contributed by atoms with Crippen molar-refractivity contribution in [3.05, 3.63) is 71.4 Å². The molecule has 7 nitrogen and oxygen atoms in total. The van der Waals surface area contributed by atoms with E-state index in [4.69, 9.17) is 4.74 Å². The molecule has 0 aliphatic carbocycles. The van der Waals surface area contributed by atoms with Crippen molar-refractivity contribution in [2.24, 2.45) is 0 Å². The summed E-state index contributed by atoms with van der Waals surface area (Å²) < 4.78 is 20.1. The number of ether oxygens (including phenoxy) is 1. The molecule has 35 heavy (non-hydrogen) atoms. The number of carboxylic acids is 1. The predicted octanol–water partition coefficient (Wildman–Crippen LogP) is 4.82. The van der Waals surface area contributed by atoms with Crippen molar-refractivity contribution in [1.82, 2.24) is 9.29 Å². The number of aliphatic hydroxyl groups excluding tert-OH is 1. The minimum Gasteiger partial charge on any atom is -0.497 e. The summed E-state index contributed by atoms with van der Waals surface area (Å²) in [6, 6.07) is 16.7. The second-order valence-corrected chi connectivity index (χ2v) is 11.7. The summed E-state index contributed by atoms with van der Waals surface area (Å²) in [6.07, 6.45) is 0.367. The Labute approximate surface area is 208 Å². The van der Waals surface area contributed by atoms with Crippen LogP contribution in [0.5, 0.6) is 5.75 Å². The van der Waals surface area contributed by atoms with Gasteiger partial charge in [-0.3, -0.25) is 0 Å². The van der Waals surface area contributed by atoms with Crippen LogP contribution in [-0.2, 0) is 17.5 Å². The van der Waals surface area contributed by atoms with Crippen LogP contribution in [0.3, 0.4) is 0 Å². The van der Waals surface area contributed by atoms with Crippen molar-refractivity contribution in [2.45, 2.75) is 44.5 Å². The number of nitrogens with zero attached hydrogens (tertiary/aromatic N) is 2. The van der Waals surface area contributed by atoms with Crippen LogP contribution in [0.1, 0.15) is 54.8 Å². The second-order valence-electron chi connectivity index (χ2n) is 9.51. The highest BCUT2D eigenvalue weighted by Crippen LogP contribution is 2.44. The molecule has 0 radical (unpaired) electrons. The predicted molar refractivity (Wildman–Crippen MR) is 137 cm³/mol. The standard InChI is InChI=1S/C27H30N2O5S/c1-27(2,3)35(33)29-16-20-15-22(26(31)32)28-25(24(20)23(29)11-12-30)19-9-5-7-17(13-19)18-8-6-10-21(14-18)34-4/h5-10,13-15,23,30H,11-12,16H2,1-4H3,(H,31,32)/t23-,35?/m1/s1. The van der Waals surface area contributed by atoms with E-state index in [0.717, 1.165) is 33.6 Å². The van der Waals surface area contributed by atoms with Crippen molar-refractivity contribution >= 4 is 17.0 Å². The van der Waals surface area contributed by atoms with E-state index in [0.29, 0.717) is 18.7 Å². The fraction of sp³-hybridized carbons (Fsp3) is 0.333. The zero-order chi connectivity index (χ0) is 25.3. The average Bonchev–Trinajstić information content (AvgIpc) is 3.20. The van der Waals surface area contributed by atoms with Gasteiger partial charge in [-0.25, -0.2) is 18.3 Å². The molecule has 1 aliphatic rings. The topological polar surface area (TPSA) is 100.0 Å². The summed E-state index contributed by atoms with van der Waals surface area (Å²) in [5, 5.41) is 19.6. The first kappa shape index (κ1) is 25.0. The summed E-state index contributed by atoms with van der Waals surface area (Å²) in [5.74, 6) is -0.379. The zero-order valence-corrected chi connectivity index (χ0v) is 21.1. The summed E-state index contributed by atoms with van der Waals surface area (Å²) in [5.41, 5.74) is 4.73. The van der Waals surface area contributed by atoms with Crippen LogP contribution in [0.4, 0.5) is 0 Å². The highest BCUT2D eigenvalue weighted by Gasteiger charge is 2.40. The van der Waals surface area contributed by atoms with Gasteiger partial charge >= 0.3 is 5.97 Å². The van der Waals surface area contributed by atoms with Gasteiger partial charge in [0.2, 0.25) is 0 Å². The summed E-state index contributed by atoms with van der Waals surface area (Å²) in [4.78, 5) is 16.5. The van der Waals surface area contributed by atoms with Crippen LogP contribution >= 0.6 is 0 Å². The minimum atomic E-state index is -1.36. The van der Waals surface area contributed by atoms with Crippen LogP contribution in [0, 0.1) is 0 Å². The Morgan fingerprint density at radius 1 is 1.11 bits per heavy atom. The van der Waals surface area contributed by atoms with Gasteiger partial charge in [-0.05, 0) is 68.1 Å². The molecule has 0 fully saturated rings. The van der Waals surface area contributed by atoms with Crippen LogP contribution in [0.2, 0.25) is 0 Å². The SMILES string of the molecule is COc1cccc(-c2cccc(-c3nc(C(=O)O)cc4c3[C@@H](CCO)N(S(=O)C(C)(C)C)C4)c2)c1. The lowest BCUT2D eigenvalue weighted by atomic mass is 9.94. The van der Waals surface area contributed by atoms with E-state index < -0.39 is 21.7 Å². The maximum absolute atomic E-state index is 13.4. The second kappa shape index (κ2) is 9.89. The smallest absolute Gasteiger partial charge is 0.354 e. The molecular formula is C27H30N2O5S. The van der Waals surface area contributed by atoms with Gasteiger partial charge in [0, 0.05) is 24.3 Å². The van der Waals surface area contributed by atoms with Crippen LogP contribution in [0.25, 0.3) is 22.4 Å². The van der Waals surface area contributed by atoms with Crippen molar-refractivity contribution in [2.75, 3.05) is 13.7 Å². The van der Waals surface area contributed by atoms with Crippen LogP contribution < -0.4 is 4.74 Å². The number of carbonyl (C=O) groups is 1. The van der Waals surface area contributed by atoms with Gasteiger partial charge in [-0.2, -0.15) is 0 Å². The van der Waals surface area contributed by atoms with E-state index in [1.807, 2.05) is 73.6 Å². The number of hydrogen-bond acceptors (Lipinski definition) is 5. The van der Waals surface area contributed by atoms with Gasteiger partial charge in [0.15, 0.2) is 0 Å². The monoisotopic (exact) mass is 494 g/mol. The number of rotatable bonds is 7. The molecule has 4 rings (SSSR count). The van der Waals surface area contributed by atoms with Gasteiger partial charge in [0.1, 0.15) is 22.4 Å². The van der Waals surface area contributed by atoms with Gasteiger partial charge in [0.25, 0.3) is 0 Å². The number of aliphatic hydroxyl groups is 1. The quantitative estimate of drug-likeness (QED) is 0.488. The lowest BCUT2D eigenvalue weighted by molar-refractivity contribution is 0.0690. The van der Waals surface area contributed by atoms with Crippen molar-refractivity contribution in [3.8, 4) is 28.1 Å². The molecule has 1 aromatic heterocycles. The number of pyridine rings is 1. The molecule has 2 heterocycles. The van der Waals surface area contributed by atoms with E-state index in [-0.39, 0.29) is 18.3 Å². The number of hydrogen-bond donors (Lipinski definition) is 2. The first-order chi connectivity index (χ1) is 16.6. The van der Waals surface area contributed by atoms with Gasteiger partial charge in [-0.15, -0.1) is 0 Å². The van der Waals surface area contributed by atoms with Gasteiger partial charge in [0.05, 0.1) is 23.6 Å². The highest BCUT2D eigenvalue weighted by atomic mass is 32.2. The van der Waals surface area contributed by atoms with Crippen molar-refractivity contribution < 1.29 is 24.0 Å². The largest absolute Gasteiger partial charge is 0.497 e. The van der Waals surface area contributed by atoms with Crippen molar-refractivity contribution in [3.63, 3.8) is 0 Å². The molecule has 0 saturated carbocycles. The highest BCUT2D eigenvalue weighted by molar-refractivity contribution is 7.84. The van der Waals surface area contributed by atoms with Crippen LogP contribution in [-0.4, -0.2) is 48.1 Å². The van der Waals surface area contributed by atoms with Gasteiger partial charge < -0.3 is 14.9 Å². The Morgan fingerprint density at radius 3 is 2.40 bits per heavy atom. The average molecular weight is 495 g/mol. The van der Waals surface area contributed by atoms with E-state index >= 15 is 0 Å². The number of aromatic carboxylic acids is 1. The molecule has 0 amide bonds. The summed E-state index contributed by atoms with van der Waals surface area (Å²) >= 11 is 0. The van der Waals surface area contributed by atoms with Crippen LogP contribution in [0.15, 0.2) is 54.6 Å². The fourth-order valence-corrected chi connectivity index (χ4v) is 5.85.